The van der Waals surface area contributed by atoms with Crippen LogP contribution in [0.5, 0.6) is 11.5 Å². The number of likely N-dealkylation sites (tertiary alicyclic amines) is 1. The molecule has 2 aliphatic heterocycles. The van der Waals surface area contributed by atoms with Crippen molar-refractivity contribution in [1.82, 2.24) is 20.4 Å². The highest BCUT2D eigenvalue weighted by molar-refractivity contribution is 5.78. The third-order valence-corrected chi connectivity index (χ3v) is 4.91. The lowest BCUT2D eigenvalue weighted by Gasteiger charge is -2.29. The van der Waals surface area contributed by atoms with E-state index in [0.29, 0.717) is 44.0 Å². The summed E-state index contributed by atoms with van der Waals surface area (Å²) in [7, 11) is 0. The minimum Gasteiger partial charge on any atom is -0.454 e. The normalized spacial score (nSPS) is 17.5. The van der Waals surface area contributed by atoms with Crippen molar-refractivity contribution in [3.05, 3.63) is 35.5 Å². The zero-order valence-corrected chi connectivity index (χ0v) is 15.4. The van der Waals surface area contributed by atoms with E-state index in [2.05, 4.69) is 15.5 Å². The monoisotopic (exact) mass is 412 g/mol. The van der Waals surface area contributed by atoms with Crippen LogP contribution in [-0.4, -0.2) is 47.4 Å². The number of benzene rings is 1. The van der Waals surface area contributed by atoms with Gasteiger partial charge in [-0.05, 0) is 43.6 Å². The molecule has 8 nitrogen and oxygen atoms in total. The molecule has 29 heavy (non-hydrogen) atoms. The molecule has 11 heteroatoms. The van der Waals surface area contributed by atoms with Gasteiger partial charge in [-0.2, -0.15) is 13.2 Å². The van der Waals surface area contributed by atoms with Crippen LogP contribution >= 0.6 is 0 Å². The molecule has 1 N–H and O–H groups in total. The highest BCUT2D eigenvalue weighted by atomic mass is 19.4. The van der Waals surface area contributed by atoms with Gasteiger partial charge in [-0.3, -0.25) is 9.69 Å². The largest absolute Gasteiger partial charge is 0.470 e. The molecule has 1 aromatic carbocycles. The van der Waals surface area contributed by atoms with Crippen LogP contribution in [0.1, 0.15) is 36.1 Å². The number of alkyl halides is 3. The summed E-state index contributed by atoms with van der Waals surface area (Å²) >= 11 is 0. The van der Waals surface area contributed by atoms with E-state index in [0.717, 1.165) is 5.56 Å². The molecule has 0 bridgehead atoms. The Kier molecular flexibility index (Phi) is 5.31. The number of hydrogen-bond acceptors (Lipinski definition) is 7. The van der Waals surface area contributed by atoms with Crippen LogP contribution in [0.4, 0.5) is 13.2 Å². The number of rotatable bonds is 5. The minimum atomic E-state index is -4.64. The van der Waals surface area contributed by atoms with Crippen LogP contribution < -0.4 is 14.8 Å². The first-order valence-corrected chi connectivity index (χ1v) is 9.16. The molecule has 3 heterocycles. The maximum absolute atomic E-state index is 12.6. The van der Waals surface area contributed by atoms with E-state index in [1.165, 1.54) is 0 Å². The summed E-state index contributed by atoms with van der Waals surface area (Å²) in [5.41, 5.74) is 0.901. The molecule has 1 saturated heterocycles. The lowest BCUT2D eigenvalue weighted by molar-refractivity contribution is -0.157. The number of hydrogen-bond donors (Lipinski definition) is 1. The van der Waals surface area contributed by atoms with Gasteiger partial charge in [0.05, 0.1) is 6.54 Å². The number of piperidine rings is 1. The summed E-state index contributed by atoms with van der Waals surface area (Å²) in [6.45, 7) is 1.91. The number of nitrogens with zero attached hydrogens (tertiary/aromatic N) is 3. The Labute approximate surface area is 164 Å². The SMILES string of the molecule is O=C(CN1CCC(c2nnc(C(F)(F)F)o2)CC1)NCc1ccc2c(c1)OCO2. The Morgan fingerprint density at radius 3 is 2.66 bits per heavy atom. The highest BCUT2D eigenvalue weighted by Crippen LogP contribution is 2.33. The van der Waals surface area contributed by atoms with Crippen LogP contribution in [0.2, 0.25) is 0 Å². The third-order valence-electron chi connectivity index (χ3n) is 4.91. The Morgan fingerprint density at radius 1 is 1.17 bits per heavy atom. The van der Waals surface area contributed by atoms with E-state index in [-0.39, 0.29) is 31.1 Å². The molecule has 1 amide bonds. The van der Waals surface area contributed by atoms with Gasteiger partial charge >= 0.3 is 12.1 Å². The first-order chi connectivity index (χ1) is 13.9. The molecule has 0 atom stereocenters. The Balaban J connectivity index is 1.22. The Bertz CT molecular complexity index is 878. The summed E-state index contributed by atoms with van der Waals surface area (Å²) < 4.78 is 53.0. The molecular formula is C18H19F3N4O4. The number of ether oxygens (including phenoxy) is 2. The summed E-state index contributed by atoms with van der Waals surface area (Å²) in [6, 6.07) is 5.49. The summed E-state index contributed by atoms with van der Waals surface area (Å²) in [5.74, 6) is -0.327. The summed E-state index contributed by atoms with van der Waals surface area (Å²) in [5, 5.41) is 9.45. The van der Waals surface area contributed by atoms with Crippen molar-refractivity contribution in [3.63, 3.8) is 0 Å². The predicted octanol–water partition coefficient (Wildman–Crippen LogP) is 2.31. The van der Waals surface area contributed by atoms with Crippen LogP contribution in [0, 0.1) is 0 Å². The van der Waals surface area contributed by atoms with E-state index >= 15 is 0 Å². The maximum atomic E-state index is 12.6. The second-order valence-electron chi connectivity index (χ2n) is 6.96. The molecule has 1 fully saturated rings. The fourth-order valence-corrected chi connectivity index (χ4v) is 3.36. The van der Waals surface area contributed by atoms with Gasteiger partial charge in [-0.1, -0.05) is 6.07 Å². The van der Waals surface area contributed by atoms with Crippen molar-refractivity contribution in [2.45, 2.75) is 31.5 Å². The van der Waals surface area contributed by atoms with Crippen LogP contribution in [-0.2, 0) is 17.5 Å². The molecule has 1 aromatic heterocycles. The number of fused-ring (bicyclic) bond motifs is 1. The number of halogens is 3. The Morgan fingerprint density at radius 2 is 1.93 bits per heavy atom. The smallest absolute Gasteiger partial charge is 0.454 e. The van der Waals surface area contributed by atoms with Crippen LogP contribution in [0.25, 0.3) is 0 Å². The average molecular weight is 412 g/mol. The fourth-order valence-electron chi connectivity index (χ4n) is 3.36. The zero-order chi connectivity index (χ0) is 20.4. The molecule has 2 aliphatic rings. The predicted molar refractivity (Wildman–Crippen MR) is 92.1 cm³/mol. The van der Waals surface area contributed by atoms with Crippen molar-refractivity contribution in [1.29, 1.82) is 0 Å². The molecule has 2 aromatic rings. The van der Waals surface area contributed by atoms with E-state index in [4.69, 9.17) is 13.9 Å². The molecule has 0 spiro atoms. The number of carbonyl (C=O) groups excluding carboxylic acids is 1. The van der Waals surface area contributed by atoms with Gasteiger partial charge in [0, 0.05) is 12.5 Å². The molecule has 4 rings (SSSR count). The molecule has 0 aliphatic carbocycles. The number of aromatic nitrogens is 2. The van der Waals surface area contributed by atoms with Crippen molar-refractivity contribution in [2.24, 2.45) is 0 Å². The third kappa shape index (κ3) is 4.61. The molecule has 0 radical (unpaired) electrons. The second kappa shape index (κ2) is 7.90. The van der Waals surface area contributed by atoms with Crippen molar-refractivity contribution in [3.8, 4) is 11.5 Å². The Hall–Kier alpha value is -2.82. The van der Waals surface area contributed by atoms with Crippen molar-refractivity contribution >= 4 is 5.91 Å². The van der Waals surface area contributed by atoms with E-state index < -0.39 is 12.1 Å². The lowest BCUT2D eigenvalue weighted by atomic mass is 9.97. The zero-order valence-electron chi connectivity index (χ0n) is 15.4. The van der Waals surface area contributed by atoms with Gasteiger partial charge in [0.1, 0.15) is 0 Å². The standard InChI is InChI=1S/C18H19F3N4O4/c19-18(20,21)17-24-23-16(29-17)12-3-5-25(6-4-12)9-15(26)22-8-11-1-2-13-14(7-11)28-10-27-13/h1-2,7,12H,3-6,8-10H2,(H,22,26). The maximum Gasteiger partial charge on any atom is 0.470 e. The van der Waals surface area contributed by atoms with Gasteiger partial charge < -0.3 is 19.2 Å². The van der Waals surface area contributed by atoms with Gasteiger partial charge in [0.2, 0.25) is 18.6 Å². The number of carbonyl (C=O) groups is 1. The average Bonchev–Trinajstić information content (AvgIpc) is 3.36. The van der Waals surface area contributed by atoms with Gasteiger partial charge in [0.25, 0.3) is 0 Å². The first-order valence-electron chi connectivity index (χ1n) is 9.16. The summed E-state index contributed by atoms with van der Waals surface area (Å²) in [6.07, 6.45) is -3.54. The lowest BCUT2D eigenvalue weighted by Crippen LogP contribution is -2.41. The minimum absolute atomic E-state index is 0.00392. The molecular weight excluding hydrogens is 393 g/mol. The number of nitrogens with one attached hydrogen (secondary N) is 1. The fraction of sp³-hybridized carbons (Fsp3) is 0.500. The van der Waals surface area contributed by atoms with Crippen molar-refractivity contribution < 1.29 is 31.9 Å². The van der Waals surface area contributed by atoms with E-state index in [9.17, 15) is 18.0 Å². The second-order valence-corrected chi connectivity index (χ2v) is 6.96. The van der Waals surface area contributed by atoms with Crippen LogP contribution in [0.3, 0.4) is 0 Å². The molecule has 0 saturated carbocycles. The quantitative estimate of drug-likeness (QED) is 0.806. The molecule has 156 valence electrons. The number of amides is 1. The van der Waals surface area contributed by atoms with Gasteiger partial charge in [0.15, 0.2) is 11.5 Å². The van der Waals surface area contributed by atoms with Gasteiger partial charge in [-0.15, -0.1) is 10.2 Å². The summed E-state index contributed by atoms with van der Waals surface area (Å²) in [4.78, 5) is 14.2. The molecule has 0 unspecified atom stereocenters. The van der Waals surface area contributed by atoms with Crippen molar-refractivity contribution in [2.75, 3.05) is 26.4 Å². The first kappa shape index (κ1) is 19.5. The highest BCUT2D eigenvalue weighted by Gasteiger charge is 2.39. The van der Waals surface area contributed by atoms with Gasteiger partial charge in [-0.25, -0.2) is 0 Å². The van der Waals surface area contributed by atoms with E-state index in [1.807, 2.05) is 17.0 Å². The van der Waals surface area contributed by atoms with Crippen LogP contribution in [0.15, 0.2) is 22.6 Å². The van der Waals surface area contributed by atoms with E-state index in [1.54, 1.807) is 6.07 Å². The topological polar surface area (TPSA) is 89.7 Å².